The number of aromatic amines is 1. The third kappa shape index (κ3) is 4.25. The molecule has 8 heteroatoms. The molecule has 3 aliphatic rings. The van der Waals surface area contributed by atoms with E-state index in [-0.39, 0.29) is 11.8 Å². The lowest BCUT2D eigenvalue weighted by atomic mass is 9.92. The van der Waals surface area contributed by atoms with Gasteiger partial charge in [-0.15, -0.1) is 10.2 Å². The largest absolute Gasteiger partial charge is 0.348 e. The number of amides is 1. The normalized spacial score (nSPS) is 24.1. The van der Waals surface area contributed by atoms with Gasteiger partial charge in [0, 0.05) is 18.6 Å². The van der Waals surface area contributed by atoms with E-state index in [9.17, 15) is 4.79 Å². The monoisotopic (exact) mass is 409 g/mol. The summed E-state index contributed by atoms with van der Waals surface area (Å²) in [7, 11) is 0. The van der Waals surface area contributed by atoms with Crippen LogP contribution in [0.2, 0.25) is 0 Å². The third-order valence-corrected chi connectivity index (χ3v) is 7.19. The zero-order valence-electron chi connectivity index (χ0n) is 17.5. The minimum absolute atomic E-state index is 0.0630. The number of fused-ring (bicyclic) bond motifs is 1. The van der Waals surface area contributed by atoms with Gasteiger partial charge in [-0.3, -0.25) is 14.6 Å². The van der Waals surface area contributed by atoms with E-state index in [1.54, 1.807) is 0 Å². The highest BCUT2D eigenvalue weighted by Crippen LogP contribution is 2.29. The van der Waals surface area contributed by atoms with Crippen LogP contribution in [-0.4, -0.2) is 74.6 Å². The van der Waals surface area contributed by atoms with Crippen molar-refractivity contribution >= 4 is 5.91 Å². The number of carbonyl (C=O) groups is 1. The number of carbonyl (C=O) groups excluding carboxylic acids is 1. The Balaban J connectivity index is 1.10. The smallest absolute Gasteiger partial charge is 0.224 e. The molecule has 0 radical (unpaired) electrons. The molecule has 3 heterocycles. The SMILES string of the molecule is O=C(NCc1nn[nH]n1)[C@H]1CCCN(C2CCN(C3Cc4ccccc4C3)CC2)C1. The first-order valence-electron chi connectivity index (χ1n) is 11.3. The minimum Gasteiger partial charge on any atom is -0.348 e. The summed E-state index contributed by atoms with van der Waals surface area (Å²) in [5.74, 6) is 0.705. The average molecular weight is 410 g/mol. The molecule has 0 spiro atoms. The Kier molecular flexibility index (Phi) is 5.77. The van der Waals surface area contributed by atoms with Crippen LogP contribution < -0.4 is 5.32 Å². The van der Waals surface area contributed by atoms with E-state index in [1.807, 2.05) is 0 Å². The zero-order valence-corrected chi connectivity index (χ0v) is 17.5. The van der Waals surface area contributed by atoms with Gasteiger partial charge in [-0.2, -0.15) is 5.21 Å². The number of aromatic nitrogens is 4. The van der Waals surface area contributed by atoms with Crippen molar-refractivity contribution in [3.8, 4) is 0 Å². The minimum atomic E-state index is 0.0630. The van der Waals surface area contributed by atoms with E-state index in [0.717, 1.165) is 25.9 Å². The van der Waals surface area contributed by atoms with Gasteiger partial charge in [-0.25, -0.2) is 0 Å². The number of benzene rings is 1. The van der Waals surface area contributed by atoms with Crippen LogP contribution in [0.4, 0.5) is 0 Å². The molecule has 1 amide bonds. The number of H-pyrrole nitrogens is 1. The average Bonchev–Trinajstić information content (AvgIpc) is 3.47. The van der Waals surface area contributed by atoms with E-state index in [2.05, 4.69) is 60.0 Å². The second-order valence-corrected chi connectivity index (χ2v) is 8.98. The lowest BCUT2D eigenvalue weighted by Gasteiger charge is -2.43. The van der Waals surface area contributed by atoms with Crippen LogP contribution in [0.15, 0.2) is 24.3 Å². The van der Waals surface area contributed by atoms with Crippen LogP contribution >= 0.6 is 0 Å². The number of nitrogens with zero attached hydrogens (tertiary/aromatic N) is 5. The van der Waals surface area contributed by atoms with Crippen molar-refractivity contribution in [1.82, 2.24) is 35.7 Å². The van der Waals surface area contributed by atoms with Crippen LogP contribution in [0.5, 0.6) is 0 Å². The number of piperidine rings is 2. The summed E-state index contributed by atoms with van der Waals surface area (Å²) in [5.41, 5.74) is 3.07. The van der Waals surface area contributed by atoms with Gasteiger partial charge in [-0.05, 0) is 69.3 Å². The van der Waals surface area contributed by atoms with Gasteiger partial charge < -0.3 is 5.32 Å². The summed E-state index contributed by atoms with van der Waals surface area (Å²) in [6.45, 7) is 4.68. The second-order valence-electron chi connectivity index (χ2n) is 8.98. The van der Waals surface area contributed by atoms with Gasteiger partial charge >= 0.3 is 0 Å². The highest BCUT2D eigenvalue weighted by atomic mass is 16.1. The molecule has 1 aromatic carbocycles. The maximum absolute atomic E-state index is 12.6. The molecule has 1 atom stereocenters. The number of tetrazole rings is 1. The molecule has 0 bridgehead atoms. The molecular weight excluding hydrogens is 378 g/mol. The molecule has 2 aromatic rings. The first-order valence-corrected chi connectivity index (χ1v) is 11.3. The topological polar surface area (TPSA) is 90.0 Å². The van der Waals surface area contributed by atoms with Gasteiger partial charge in [0.05, 0.1) is 12.5 Å². The molecule has 2 N–H and O–H groups in total. The summed E-state index contributed by atoms with van der Waals surface area (Å²) >= 11 is 0. The van der Waals surface area contributed by atoms with E-state index in [4.69, 9.17) is 0 Å². The van der Waals surface area contributed by atoms with E-state index in [1.165, 1.54) is 49.9 Å². The van der Waals surface area contributed by atoms with E-state index >= 15 is 0 Å². The Labute approximate surface area is 177 Å². The van der Waals surface area contributed by atoms with Crippen molar-refractivity contribution in [1.29, 1.82) is 0 Å². The van der Waals surface area contributed by atoms with Crippen LogP contribution in [0.25, 0.3) is 0 Å². The molecule has 5 rings (SSSR count). The number of rotatable bonds is 5. The van der Waals surface area contributed by atoms with Crippen LogP contribution in [0.1, 0.15) is 42.6 Å². The van der Waals surface area contributed by atoms with Crippen LogP contribution in [0, 0.1) is 5.92 Å². The highest BCUT2D eigenvalue weighted by molar-refractivity contribution is 5.78. The fourth-order valence-corrected chi connectivity index (χ4v) is 5.53. The molecule has 2 aliphatic heterocycles. The molecule has 1 aromatic heterocycles. The van der Waals surface area contributed by atoms with Crippen molar-refractivity contribution in [2.75, 3.05) is 26.2 Å². The molecule has 1 aliphatic carbocycles. The number of likely N-dealkylation sites (tertiary alicyclic amines) is 2. The van der Waals surface area contributed by atoms with E-state index in [0.29, 0.717) is 24.5 Å². The predicted octanol–water partition coefficient (Wildman–Crippen LogP) is 1.16. The van der Waals surface area contributed by atoms with Gasteiger partial charge in [0.25, 0.3) is 0 Å². The fraction of sp³-hybridized carbons (Fsp3) is 0.636. The lowest BCUT2D eigenvalue weighted by Crippen LogP contribution is -2.52. The number of hydrogen-bond donors (Lipinski definition) is 2. The van der Waals surface area contributed by atoms with Gasteiger partial charge in [-0.1, -0.05) is 29.5 Å². The maximum Gasteiger partial charge on any atom is 0.224 e. The van der Waals surface area contributed by atoms with Gasteiger partial charge in [0.15, 0.2) is 5.82 Å². The summed E-state index contributed by atoms with van der Waals surface area (Å²) in [6, 6.07) is 10.2. The number of nitrogens with one attached hydrogen (secondary N) is 2. The number of hydrogen-bond acceptors (Lipinski definition) is 6. The molecule has 2 fully saturated rings. The standard InChI is InChI=1S/C22H31N7O/c30-22(23-14-21-24-26-27-25-21)18-6-3-9-29(15-18)19-7-10-28(11-8-19)20-12-16-4-1-2-5-17(16)13-20/h1-2,4-5,18-20H,3,6-15H2,(H,23,30)(H,24,25,26,27)/t18-/m0/s1. The first-order chi connectivity index (χ1) is 14.8. The summed E-state index contributed by atoms with van der Waals surface area (Å²) in [4.78, 5) is 17.9. The highest BCUT2D eigenvalue weighted by Gasteiger charge is 2.34. The Morgan fingerprint density at radius 1 is 1.03 bits per heavy atom. The van der Waals surface area contributed by atoms with Crippen molar-refractivity contribution in [2.45, 2.75) is 57.2 Å². The van der Waals surface area contributed by atoms with E-state index < -0.39 is 0 Å². The maximum atomic E-state index is 12.6. The predicted molar refractivity (Wildman–Crippen MR) is 113 cm³/mol. The first kappa shape index (κ1) is 19.6. The molecule has 0 saturated carbocycles. The molecule has 0 unspecified atom stereocenters. The molecule has 30 heavy (non-hydrogen) atoms. The Hall–Kier alpha value is -2.32. The van der Waals surface area contributed by atoms with Gasteiger partial charge in [0.1, 0.15) is 0 Å². The van der Waals surface area contributed by atoms with Crippen molar-refractivity contribution < 1.29 is 4.79 Å². The Morgan fingerprint density at radius 2 is 1.80 bits per heavy atom. The van der Waals surface area contributed by atoms with Crippen LogP contribution in [-0.2, 0) is 24.2 Å². The van der Waals surface area contributed by atoms with Crippen LogP contribution in [0.3, 0.4) is 0 Å². The zero-order chi connectivity index (χ0) is 20.3. The quantitative estimate of drug-likeness (QED) is 0.770. The third-order valence-electron chi connectivity index (χ3n) is 7.19. The second kappa shape index (κ2) is 8.81. The summed E-state index contributed by atoms with van der Waals surface area (Å²) in [6.07, 6.45) is 6.89. The Morgan fingerprint density at radius 3 is 2.50 bits per heavy atom. The fourth-order valence-electron chi connectivity index (χ4n) is 5.53. The molecule has 8 nitrogen and oxygen atoms in total. The molecule has 2 saturated heterocycles. The molecule has 160 valence electrons. The van der Waals surface area contributed by atoms with Crippen molar-refractivity contribution in [3.63, 3.8) is 0 Å². The Bertz CT molecular complexity index is 822. The lowest BCUT2D eigenvalue weighted by molar-refractivity contribution is -0.127. The van der Waals surface area contributed by atoms with Crippen molar-refractivity contribution in [2.24, 2.45) is 5.92 Å². The van der Waals surface area contributed by atoms with Crippen molar-refractivity contribution in [3.05, 3.63) is 41.2 Å². The van der Waals surface area contributed by atoms with Gasteiger partial charge in [0.2, 0.25) is 5.91 Å². The summed E-state index contributed by atoms with van der Waals surface area (Å²) < 4.78 is 0. The molecular formula is C22H31N7O. The summed E-state index contributed by atoms with van der Waals surface area (Å²) in [5, 5.41) is 16.7.